The first-order valence-corrected chi connectivity index (χ1v) is 12.9. The third-order valence-corrected chi connectivity index (χ3v) is 6.88. The molecule has 2 N–H and O–H groups in total. The van der Waals surface area contributed by atoms with Crippen molar-refractivity contribution in [3.8, 4) is 17.0 Å². The normalized spacial score (nSPS) is 14.1. The third kappa shape index (κ3) is 5.63. The Balaban J connectivity index is 1.51. The third-order valence-electron chi connectivity index (χ3n) is 6.88. The van der Waals surface area contributed by atoms with Gasteiger partial charge in [0.25, 0.3) is 0 Å². The van der Waals surface area contributed by atoms with Crippen LogP contribution in [-0.4, -0.2) is 65.7 Å². The Morgan fingerprint density at radius 2 is 1.87 bits per heavy atom. The van der Waals surface area contributed by atoms with E-state index in [1.54, 1.807) is 25.5 Å². The second-order valence-electron chi connectivity index (χ2n) is 9.51. The van der Waals surface area contributed by atoms with Crippen molar-refractivity contribution in [3.63, 3.8) is 0 Å². The molecule has 0 saturated carbocycles. The molecule has 1 fully saturated rings. The smallest absolute Gasteiger partial charge is 0.248 e. The minimum absolute atomic E-state index is 0.240. The number of ether oxygens (including phenoxy) is 1. The number of carbonyl (C=O) groups excluding carboxylic acids is 1. The number of para-hydroxylation sites is 1. The highest BCUT2D eigenvalue weighted by Gasteiger charge is 2.21. The monoisotopic (exact) mass is 523 g/mol. The molecule has 1 amide bonds. The van der Waals surface area contributed by atoms with Crippen molar-refractivity contribution in [1.82, 2.24) is 19.4 Å². The zero-order chi connectivity index (χ0) is 27.4. The molecule has 2 aromatic carbocycles. The number of hydrogen-bond donors (Lipinski definition) is 2. The van der Waals surface area contributed by atoms with Gasteiger partial charge in [0.05, 0.1) is 29.9 Å². The fourth-order valence-corrected chi connectivity index (χ4v) is 4.81. The van der Waals surface area contributed by atoms with E-state index < -0.39 is 0 Å². The molecular weight excluding hydrogens is 490 g/mol. The Hall–Kier alpha value is -4.63. The standard InChI is InChI=1S/C30H33N7O2/c1-5-6-11-29(38)32-24-18-25(28(39-4)19-27(24)37-16-14-35(2)15-17-37)34-30-31-13-12-23(33-30)22-20-36(3)26-10-8-7-9-21(22)26/h5-13,18-20H,1,14-17H2,2-4H3,(H,32,38)(H,31,33,34)/b11-6-. The summed E-state index contributed by atoms with van der Waals surface area (Å²) in [6, 6.07) is 14.0. The lowest BCUT2D eigenvalue weighted by atomic mass is 10.1. The van der Waals surface area contributed by atoms with E-state index in [1.807, 2.05) is 37.4 Å². The van der Waals surface area contributed by atoms with Crippen molar-refractivity contribution < 1.29 is 9.53 Å². The van der Waals surface area contributed by atoms with E-state index >= 15 is 0 Å². The number of methoxy groups -OCH3 is 1. The molecule has 0 bridgehead atoms. The molecule has 39 heavy (non-hydrogen) atoms. The number of fused-ring (bicyclic) bond motifs is 1. The van der Waals surface area contributed by atoms with Crippen LogP contribution in [0.5, 0.6) is 5.75 Å². The lowest BCUT2D eigenvalue weighted by Gasteiger charge is -2.35. The summed E-state index contributed by atoms with van der Waals surface area (Å²) in [4.78, 5) is 26.5. The molecule has 1 aliphatic rings. The fraction of sp³-hybridized carbons (Fsp3) is 0.233. The Morgan fingerprint density at radius 3 is 2.64 bits per heavy atom. The number of hydrogen-bond acceptors (Lipinski definition) is 7. The molecule has 0 spiro atoms. The number of aromatic nitrogens is 3. The van der Waals surface area contributed by atoms with Crippen LogP contribution in [0, 0.1) is 0 Å². The molecule has 4 aromatic rings. The first-order chi connectivity index (χ1) is 19.0. The number of benzene rings is 2. The molecule has 0 unspecified atom stereocenters. The average molecular weight is 524 g/mol. The molecule has 0 radical (unpaired) electrons. The van der Waals surface area contributed by atoms with Crippen LogP contribution in [0.15, 0.2) is 79.7 Å². The molecule has 0 atom stereocenters. The summed E-state index contributed by atoms with van der Waals surface area (Å²) < 4.78 is 7.87. The highest BCUT2D eigenvalue weighted by molar-refractivity contribution is 6.02. The summed E-state index contributed by atoms with van der Waals surface area (Å²) in [6.45, 7) is 7.19. The van der Waals surface area contributed by atoms with E-state index in [2.05, 4.69) is 61.9 Å². The maximum absolute atomic E-state index is 12.6. The van der Waals surface area contributed by atoms with E-state index in [0.29, 0.717) is 23.1 Å². The number of nitrogens with one attached hydrogen (secondary N) is 2. The van der Waals surface area contributed by atoms with Crippen molar-refractivity contribution >= 4 is 39.8 Å². The number of allylic oxidation sites excluding steroid dienone is 2. The van der Waals surface area contributed by atoms with E-state index in [9.17, 15) is 4.79 Å². The van der Waals surface area contributed by atoms with Gasteiger partial charge in [-0.2, -0.15) is 0 Å². The van der Waals surface area contributed by atoms with Gasteiger partial charge in [0, 0.05) is 74.2 Å². The minimum Gasteiger partial charge on any atom is -0.494 e. The van der Waals surface area contributed by atoms with Crippen LogP contribution in [-0.2, 0) is 11.8 Å². The Kier molecular flexibility index (Phi) is 7.60. The van der Waals surface area contributed by atoms with Gasteiger partial charge in [0.15, 0.2) is 0 Å². The van der Waals surface area contributed by atoms with Crippen molar-refractivity contribution in [2.75, 3.05) is 55.9 Å². The molecular formula is C30H33N7O2. The number of aryl methyl sites for hydroxylation is 1. The number of amides is 1. The quantitative estimate of drug-likeness (QED) is 0.253. The van der Waals surface area contributed by atoms with Crippen molar-refractivity contribution in [1.29, 1.82) is 0 Å². The maximum atomic E-state index is 12.6. The molecule has 9 nitrogen and oxygen atoms in total. The summed E-state index contributed by atoms with van der Waals surface area (Å²) in [6.07, 6.45) is 8.45. The highest BCUT2D eigenvalue weighted by Crippen LogP contribution is 2.39. The number of piperazine rings is 1. The van der Waals surface area contributed by atoms with E-state index in [1.165, 1.54) is 6.08 Å². The maximum Gasteiger partial charge on any atom is 0.248 e. The number of nitrogens with zero attached hydrogens (tertiary/aromatic N) is 5. The van der Waals surface area contributed by atoms with Gasteiger partial charge in [0.1, 0.15) is 5.75 Å². The number of carbonyl (C=O) groups is 1. The minimum atomic E-state index is -0.240. The zero-order valence-electron chi connectivity index (χ0n) is 22.5. The van der Waals surface area contributed by atoms with Crippen molar-refractivity contribution in [2.45, 2.75) is 0 Å². The van der Waals surface area contributed by atoms with Gasteiger partial charge >= 0.3 is 0 Å². The lowest BCUT2D eigenvalue weighted by Crippen LogP contribution is -2.44. The zero-order valence-corrected chi connectivity index (χ0v) is 22.5. The predicted octanol–water partition coefficient (Wildman–Crippen LogP) is 4.82. The fourth-order valence-electron chi connectivity index (χ4n) is 4.81. The van der Waals surface area contributed by atoms with Gasteiger partial charge in [-0.15, -0.1) is 0 Å². The van der Waals surface area contributed by atoms with E-state index in [4.69, 9.17) is 9.72 Å². The van der Waals surface area contributed by atoms with Crippen LogP contribution >= 0.6 is 0 Å². The second kappa shape index (κ2) is 11.4. The molecule has 2 aromatic heterocycles. The van der Waals surface area contributed by atoms with Gasteiger partial charge < -0.3 is 29.7 Å². The van der Waals surface area contributed by atoms with Gasteiger partial charge in [-0.25, -0.2) is 9.97 Å². The summed E-state index contributed by atoms with van der Waals surface area (Å²) in [5.41, 5.74) is 5.18. The number of likely N-dealkylation sites (N-methyl/N-ethyl adjacent to an activating group) is 1. The molecule has 5 rings (SSSR count). The van der Waals surface area contributed by atoms with Crippen LogP contribution in [0.3, 0.4) is 0 Å². The van der Waals surface area contributed by atoms with Crippen LogP contribution < -0.4 is 20.3 Å². The summed E-state index contributed by atoms with van der Waals surface area (Å²) in [5, 5.41) is 7.46. The predicted molar refractivity (Wildman–Crippen MR) is 158 cm³/mol. The van der Waals surface area contributed by atoms with Crippen molar-refractivity contribution in [2.24, 2.45) is 7.05 Å². The molecule has 9 heteroatoms. The first-order valence-electron chi connectivity index (χ1n) is 12.9. The summed E-state index contributed by atoms with van der Waals surface area (Å²) >= 11 is 0. The highest BCUT2D eigenvalue weighted by atomic mass is 16.5. The van der Waals surface area contributed by atoms with Gasteiger partial charge in [-0.05, 0) is 25.2 Å². The van der Waals surface area contributed by atoms with Gasteiger partial charge in [-0.3, -0.25) is 4.79 Å². The molecule has 3 heterocycles. The van der Waals surface area contributed by atoms with Crippen LogP contribution in [0.4, 0.5) is 23.0 Å². The van der Waals surface area contributed by atoms with Gasteiger partial charge in [-0.1, -0.05) is 36.9 Å². The Morgan fingerprint density at radius 1 is 1.08 bits per heavy atom. The average Bonchev–Trinajstić information content (AvgIpc) is 3.29. The number of rotatable bonds is 8. The molecule has 0 aliphatic carbocycles. The number of anilines is 4. The largest absolute Gasteiger partial charge is 0.494 e. The van der Waals surface area contributed by atoms with Crippen LogP contribution in [0.1, 0.15) is 0 Å². The molecule has 1 saturated heterocycles. The van der Waals surface area contributed by atoms with Crippen LogP contribution in [0.25, 0.3) is 22.2 Å². The SMILES string of the molecule is C=C/C=C\C(=O)Nc1cc(Nc2nccc(-c3cn(C)c4ccccc34)n2)c(OC)cc1N1CCN(C)CC1. The summed E-state index contributed by atoms with van der Waals surface area (Å²) in [5.74, 6) is 0.813. The van der Waals surface area contributed by atoms with Gasteiger partial charge in [0.2, 0.25) is 11.9 Å². The molecule has 200 valence electrons. The van der Waals surface area contributed by atoms with Crippen molar-refractivity contribution in [3.05, 3.63) is 79.7 Å². The second-order valence-corrected chi connectivity index (χ2v) is 9.51. The summed E-state index contributed by atoms with van der Waals surface area (Å²) in [7, 11) is 5.77. The molecule has 1 aliphatic heterocycles. The van der Waals surface area contributed by atoms with E-state index in [-0.39, 0.29) is 5.91 Å². The topological polar surface area (TPSA) is 87.5 Å². The Bertz CT molecular complexity index is 1530. The first kappa shape index (κ1) is 26.0. The van der Waals surface area contributed by atoms with Crippen LogP contribution in [0.2, 0.25) is 0 Å². The van der Waals surface area contributed by atoms with E-state index in [0.717, 1.165) is 54.0 Å². The lowest BCUT2D eigenvalue weighted by molar-refractivity contribution is -0.111. The Labute approximate surface area is 228 Å².